The molecule has 2 aromatic rings. The molecule has 0 bridgehead atoms. The third kappa shape index (κ3) is 4.38. The van der Waals surface area contributed by atoms with Crippen LogP contribution in [-0.4, -0.2) is 57.9 Å². The Bertz CT molecular complexity index is 962. The molecule has 0 saturated carbocycles. The van der Waals surface area contributed by atoms with Gasteiger partial charge in [-0.15, -0.1) is 0 Å². The minimum Gasteiger partial charge on any atom is -0.341 e. The Morgan fingerprint density at radius 1 is 1.03 bits per heavy atom. The summed E-state index contributed by atoms with van der Waals surface area (Å²) in [5.74, 6) is 0.611. The predicted molar refractivity (Wildman–Crippen MR) is 111 cm³/mol. The first-order valence-electron chi connectivity index (χ1n) is 10.8. The number of nitrogens with zero attached hydrogens (tertiary/aromatic N) is 4. The fourth-order valence-electron chi connectivity index (χ4n) is 4.66. The van der Waals surface area contributed by atoms with E-state index in [0.717, 1.165) is 49.8 Å². The van der Waals surface area contributed by atoms with Crippen molar-refractivity contribution in [1.82, 2.24) is 19.4 Å². The topological polar surface area (TPSA) is 58.4 Å². The number of alkyl halides is 2. The third-order valence-electron chi connectivity index (χ3n) is 6.20. The molecule has 2 aliphatic rings. The van der Waals surface area contributed by atoms with Crippen LogP contribution in [0, 0.1) is 0 Å². The minimum atomic E-state index is -2.63. The van der Waals surface area contributed by atoms with E-state index in [1.165, 1.54) is 0 Å². The van der Waals surface area contributed by atoms with E-state index in [0.29, 0.717) is 36.2 Å². The number of amides is 1. The Hall–Kier alpha value is -2.35. The van der Waals surface area contributed by atoms with Crippen molar-refractivity contribution >= 4 is 16.8 Å². The molecule has 2 saturated heterocycles. The zero-order valence-electron chi connectivity index (χ0n) is 17.1. The molecule has 0 radical (unpaired) electrons. The van der Waals surface area contributed by atoms with Crippen LogP contribution >= 0.6 is 0 Å². The number of halogens is 2. The molecule has 0 spiro atoms. The predicted octanol–water partition coefficient (Wildman–Crippen LogP) is 3.20. The Balaban J connectivity index is 1.61. The van der Waals surface area contributed by atoms with Crippen molar-refractivity contribution in [3.8, 4) is 0 Å². The number of benzene rings is 1. The molecule has 2 aliphatic heterocycles. The molecular weight excluding hydrogens is 390 g/mol. The highest BCUT2D eigenvalue weighted by Gasteiger charge is 2.31. The zero-order chi connectivity index (χ0) is 21.1. The number of carbonyl (C=O) groups is 1. The van der Waals surface area contributed by atoms with Crippen LogP contribution in [0.25, 0.3) is 10.9 Å². The summed E-state index contributed by atoms with van der Waals surface area (Å²) in [6, 6.07) is 6.71. The number of hydrogen-bond acceptors (Lipinski definition) is 4. The van der Waals surface area contributed by atoms with Crippen molar-refractivity contribution in [2.45, 2.75) is 57.5 Å². The average Bonchev–Trinajstić information content (AvgIpc) is 3.10. The first kappa shape index (κ1) is 20.9. The lowest BCUT2D eigenvalue weighted by Crippen LogP contribution is -2.40. The highest BCUT2D eigenvalue weighted by molar-refractivity contribution is 5.77. The molecule has 3 heterocycles. The van der Waals surface area contributed by atoms with E-state index in [-0.39, 0.29) is 11.9 Å². The maximum Gasteiger partial charge on any atom is 0.261 e. The summed E-state index contributed by atoms with van der Waals surface area (Å²) in [5, 5.41) is 0.363. The summed E-state index contributed by atoms with van der Waals surface area (Å²) >= 11 is 0. The molecule has 0 N–H and O–H groups in total. The lowest BCUT2D eigenvalue weighted by Gasteiger charge is -2.29. The first-order valence-corrected chi connectivity index (χ1v) is 10.8. The molecule has 1 amide bonds. The zero-order valence-corrected chi connectivity index (χ0v) is 17.1. The van der Waals surface area contributed by atoms with Crippen LogP contribution in [0.3, 0.4) is 0 Å². The Kier molecular flexibility index (Phi) is 6.41. The van der Waals surface area contributed by atoms with Gasteiger partial charge in [-0.05, 0) is 44.4 Å². The van der Waals surface area contributed by atoms with Gasteiger partial charge in [0.05, 0.1) is 23.5 Å². The van der Waals surface area contributed by atoms with Crippen molar-refractivity contribution in [3.05, 3.63) is 40.4 Å². The Morgan fingerprint density at radius 2 is 1.87 bits per heavy atom. The molecule has 30 heavy (non-hydrogen) atoms. The van der Waals surface area contributed by atoms with Gasteiger partial charge < -0.3 is 4.90 Å². The molecule has 0 aliphatic carbocycles. The van der Waals surface area contributed by atoms with E-state index in [1.807, 2.05) is 4.90 Å². The fraction of sp³-hybridized carbons (Fsp3) is 0.591. The number of carbonyl (C=O) groups excluding carboxylic acids is 1. The standard InChI is InChI=1S/C22H28F2N4O2/c23-19(24)15-28-21(25-17-8-4-3-7-16(17)22(28)30)18-9-6-12-26(18)13-14-27-11-5-1-2-10-20(27)29/h3-4,7-8,18-19H,1-2,5-6,9-15H2. The number of para-hydroxylation sites is 1. The molecule has 2 fully saturated rings. The molecule has 162 valence electrons. The van der Waals surface area contributed by atoms with Crippen molar-refractivity contribution in [2.75, 3.05) is 26.2 Å². The van der Waals surface area contributed by atoms with Gasteiger partial charge in [0, 0.05) is 26.1 Å². The summed E-state index contributed by atoms with van der Waals surface area (Å²) in [6.07, 6.45) is 2.70. The summed E-state index contributed by atoms with van der Waals surface area (Å²) in [4.78, 5) is 34.0. The number of likely N-dealkylation sites (tertiary alicyclic amines) is 2. The highest BCUT2D eigenvalue weighted by Crippen LogP contribution is 2.31. The second-order valence-corrected chi connectivity index (χ2v) is 8.18. The molecular formula is C22H28F2N4O2. The monoisotopic (exact) mass is 418 g/mol. The summed E-state index contributed by atoms with van der Waals surface area (Å²) < 4.78 is 27.7. The van der Waals surface area contributed by atoms with E-state index in [1.54, 1.807) is 24.3 Å². The quantitative estimate of drug-likeness (QED) is 0.723. The van der Waals surface area contributed by atoms with E-state index >= 15 is 0 Å². The normalized spacial score (nSPS) is 21.0. The first-order chi connectivity index (χ1) is 14.5. The van der Waals surface area contributed by atoms with Crippen molar-refractivity contribution in [1.29, 1.82) is 0 Å². The van der Waals surface area contributed by atoms with Gasteiger partial charge >= 0.3 is 0 Å². The van der Waals surface area contributed by atoms with Gasteiger partial charge in [0.15, 0.2) is 0 Å². The van der Waals surface area contributed by atoms with Crippen LogP contribution in [0.1, 0.15) is 50.4 Å². The lowest BCUT2D eigenvalue weighted by atomic mass is 10.1. The smallest absolute Gasteiger partial charge is 0.261 e. The second kappa shape index (κ2) is 9.20. The van der Waals surface area contributed by atoms with Crippen LogP contribution in [0.2, 0.25) is 0 Å². The number of hydrogen-bond donors (Lipinski definition) is 0. The maximum atomic E-state index is 13.3. The van der Waals surface area contributed by atoms with Crippen molar-refractivity contribution in [2.24, 2.45) is 0 Å². The maximum absolute atomic E-state index is 13.3. The number of aromatic nitrogens is 2. The second-order valence-electron chi connectivity index (χ2n) is 8.18. The Labute approximate surface area is 174 Å². The molecule has 8 heteroatoms. The largest absolute Gasteiger partial charge is 0.341 e. The minimum absolute atomic E-state index is 0.192. The van der Waals surface area contributed by atoms with Crippen LogP contribution in [-0.2, 0) is 11.3 Å². The number of fused-ring (bicyclic) bond motifs is 1. The summed E-state index contributed by atoms with van der Waals surface area (Å²) in [5.41, 5.74) is 0.128. The van der Waals surface area contributed by atoms with Crippen LogP contribution in [0.5, 0.6) is 0 Å². The molecule has 1 unspecified atom stereocenters. The fourth-order valence-corrected chi connectivity index (χ4v) is 4.66. The van der Waals surface area contributed by atoms with E-state index in [9.17, 15) is 18.4 Å². The van der Waals surface area contributed by atoms with Crippen molar-refractivity contribution in [3.63, 3.8) is 0 Å². The van der Waals surface area contributed by atoms with Gasteiger partial charge in [0.2, 0.25) is 5.91 Å². The van der Waals surface area contributed by atoms with Gasteiger partial charge in [0.25, 0.3) is 12.0 Å². The molecule has 6 nitrogen and oxygen atoms in total. The van der Waals surface area contributed by atoms with Crippen LogP contribution < -0.4 is 5.56 Å². The highest BCUT2D eigenvalue weighted by atomic mass is 19.3. The van der Waals surface area contributed by atoms with Gasteiger partial charge in [-0.25, -0.2) is 13.8 Å². The van der Waals surface area contributed by atoms with E-state index < -0.39 is 18.5 Å². The van der Waals surface area contributed by atoms with E-state index in [4.69, 9.17) is 0 Å². The lowest BCUT2D eigenvalue weighted by molar-refractivity contribution is -0.130. The SMILES string of the molecule is O=C1CCCCCN1CCN1CCCC1c1nc2ccccc2c(=O)n1CC(F)F. The summed E-state index contributed by atoms with van der Waals surface area (Å²) in [7, 11) is 0. The van der Waals surface area contributed by atoms with Gasteiger partial charge in [0.1, 0.15) is 5.82 Å². The van der Waals surface area contributed by atoms with Gasteiger partial charge in [-0.3, -0.25) is 19.1 Å². The number of rotatable bonds is 6. The Morgan fingerprint density at radius 3 is 2.70 bits per heavy atom. The molecule has 1 aromatic heterocycles. The molecule has 1 aromatic carbocycles. The van der Waals surface area contributed by atoms with E-state index in [2.05, 4.69) is 9.88 Å². The van der Waals surface area contributed by atoms with Crippen molar-refractivity contribution < 1.29 is 13.6 Å². The van der Waals surface area contributed by atoms with Gasteiger partial charge in [-0.1, -0.05) is 18.6 Å². The average molecular weight is 418 g/mol. The molecule has 1 atom stereocenters. The molecule has 4 rings (SSSR count). The summed E-state index contributed by atoms with van der Waals surface area (Å²) in [6.45, 7) is 2.22. The van der Waals surface area contributed by atoms with Gasteiger partial charge in [-0.2, -0.15) is 0 Å². The van der Waals surface area contributed by atoms with Crippen LogP contribution in [0.15, 0.2) is 29.1 Å². The third-order valence-corrected chi connectivity index (χ3v) is 6.20. The van der Waals surface area contributed by atoms with Crippen LogP contribution in [0.4, 0.5) is 8.78 Å².